The van der Waals surface area contributed by atoms with Crippen LogP contribution < -0.4 is 10.1 Å². The van der Waals surface area contributed by atoms with Crippen molar-refractivity contribution in [3.63, 3.8) is 0 Å². The second-order valence-corrected chi connectivity index (χ2v) is 4.11. The van der Waals surface area contributed by atoms with Gasteiger partial charge in [0.15, 0.2) is 0 Å². The van der Waals surface area contributed by atoms with Gasteiger partial charge in [0, 0.05) is 13.6 Å². The van der Waals surface area contributed by atoms with Gasteiger partial charge in [0.2, 0.25) is 0 Å². The van der Waals surface area contributed by atoms with Crippen molar-refractivity contribution in [1.29, 1.82) is 0 Å². The average Bonchev–Trinajstić information content (AvgIpc) is 2.38. The number of rotatable bonds is 4. The first kappa shape index (κ1) is 15.0. The zero-order valence-corrected chi connectivity index (χ0v) is 11.3. The van der Waals surface area contributed by atoms with E-state index in [1.54, 1.807) is 12.1 Å². The number of nitrogens with one attached hydrogen (secondary N) is 1. The van der Waals surface area contributed by atoms with E-state index in [1.165, 1.54) is 14.2 Å². The number of nitrogens with zero attached hydrogens (tertiary/aromatic N) is 1. The predicted octanol–water partition coefficient (Wildman–Crippen LogP) is 0.393. The third-order valence-corrected chi connectivity index (χ3v) is 2.58. The number of benzene rings is 1. The van der Waals surface area contributed by atoms with Crippen LogP contribution in [0.5, 0.6) is 5.75 Å². The number of anilines is 1. The zero-order valence-electron chi connectivity index (χ0n) is 11.3. The molecule has 0 saturated carbocycles. The van der Waals surface area contributed by atoms with E-state index in [0.717, 1.165) is 10.5 Å². The molecule has 0 atom stereocenters. The second kappa shape index (κ2) is 6.75. The maximum atomic E-state index is 11.8. The lowest BCUT2D eigenvalue weighted by atomic mass is 10.2. The van der Waals surface area contributed by atoms with E-state index >= 15 is 0 Å². The lowest BCUT2D eigenvalue weighted by Gasteiger charge is -2.16. The number of carbonyl (C=O) groups excluding carboxylic acids is 2. The molecule has 0 fully saturated rings. The van der Waals surface area contributed by atoms with Crippen molar-refractivity contribution < 1.29 is 19.4 Å². The third-order valence-electron chi connectivity index (χ3n) is 2.58. The highest BCUT2D eigenvalue weighted by Crippen LogP contribution is 2.25. The molecule has 0 unspecified atom stereocenters. The van der Waals surface area contributed by atoms with Crippen molar-refractivity contribution in [2.75, 3.05) is 32.6 Å². The second-order valence-electron chi connectivity index (χ2n) is 4.11. The normalized spacial score (nSPS) is 9.89. The van der Waals surface area contributed by atoms with E-state index in [0.29, 0.717) is 11.4 Å². The lowest BCUT2D eigenvalue weighted by molar-refractivity contribution is -0.142. The Bertz CT molecular complexity index is 474. The van der Waals surface area contributed by atoms with Gasteiger partial charge >= 0.3 is 11.8 Å². The van der Waals surface area contributed by atoms with Gasteiger partial charge in [-0.2, -0.15) is 0 Å². The molecule has 0 aromatic heterocycles. The van der Waals surface area contributed by atoms with Crippen LogP contribution in [0.25, 0.3) is 0 Å². The van der Waals surface area contributed by atoms with Crippen LogP contribution in [0.4, 0.5) is 5.69 Å². The van der Waals surface area contributed by atoms with E-state index in [4.69, 9.17) is 9.84 Å². The molecule has 104 valence electrons. The van der Waals surface area contributed by atoms with Crippen LogP contribution in [0.2, 0.25) is 0 Å². The van der Waals surface area contributed by atoms with Gasteiger partial charge in [-0.1, -0.05) is 6.07 Å². The summed E-state index contributed by atoms with van der Waals surface area (Å²) in [6, 6.07) is 5.27. The largest absolute Gasteiger partial charge is 0.495 e. The summed E-state index contributed by atoms with van der Waals surface area (Å²) >= 11 is 0. The van der Waals surface area contributed by atoms with Crippen LogP contribution in [0.3, 0.4) is 0 Å². The Balaban J connectivity index is 2.82. The molecular formula is C13H18N2O4. The Hall–Kier alpha value is -2.08. The number of likely N-dealkylation sites (N-methyl/N-ethyl adjacent to an activating group) is 1. The number of aliphatic hydroxyl groups excluding tert-OH is 1. The molecule has 1 aromatic carbocycles. The van der Waals surface area contributed by atoms with Gasteiger partial charge < -0.3 is 20.1 Å². The van der Waals surface area contributed by atoms with E-state index in [1.807, 2.05) is 13.0 Å². The summed E-state index contributed by atoms with van der Waals surface area (Å²) in [5.41, 5.74) is 1.38. The maximum absolute atomic E-state index is 11.8. The van der Waals surface area contributed by atoms with Gasteiger partial charge in [-0.05, 0) is 24.6 Å². The summed E-state index contributed by atoms with van der Waals surface area (Å²) in [4.78, 5) is 24.6. The molecule has 6 nitrogen and oxygen atoms in total. The average molecular weight is 266 g/mol. The van der Waals surface area contributed by atoms with Gasteiger partial charge in [0.1, 0.15) is 5.75 Å². The fourth-order valence-electron chi connectivity index (χ4n) is 1.52. The fourth-order valence-corrected chi connectivity index (χ4v) is 1.52. The summed E-state index contributed by atoms with van der Waals surface area (Å²) in [6.45, 7) is 1.79. The van der Waals surface area contributed by atoms with Crippen molar-refractivity contribution >= 4 is 17.5 Å². The smallest absolute Gasteiger partial charge is 0.313 e. The molecule has 0 aliphatic carbocycles. The number of ether oxygens (including phenoxy) is 1. The molecule has 1 rings (SSSR count). The van der Waals surface area contributed by atoms with E-state index in [2.05, 4.69) is 5.32 Å². The minimum Gasteiger partial charge on any atom is -0.495 e. The molecular weight excluding hydrogens is 248 g/mol. The van der Waals surface area contributed by atoms with Crippen LogP contribution in [-0.2, 0) is 9.59 Å². The topological polar surface area (TPSA) is 78.9 Å². The molecule has 0 aliphatic heterocycles. The molecule has 0 bridgehead atoms. The van der Waals surface area contributed by atoms with Crippen molar-refractivity contribution in [2.45, 2.75) is 6.92 Å². The molecule has 0 radical (unpaired) electrons. The molecule has 2 N–H and O–H groups in total. The minimum absolute atomic E-state index is 0.108. The molecule has 0 spiro atoms. The fraction of sp³-hybridized carbons (Fsp3) is 0.385. The van der Waals surface area contributed by atoms with Crippen molar-refractivity contribution in [2.24, 2.45) is 0 Å². The first-order valence-electron chi connectivity index (χ1n) is 5.81. The quantitative estimate of drug-likeness (QED) is 0.773. The predicted molar refractivity (Wildman–Crippen MR) is 71.1 cm³/mol. The van der Waals surface area contributed by atoms with Gasteiger partial charge in [-0.15, -0.1) is 0 Å². The molecule has 6 heteroatoms. The Morgan fingerprint density at radius 1 is 1.42 bits per heavy atom. The summed E-state index contributed by atoms with van der Waals surface area (Å²) in [7, 11) is 2.94. The first-order valence-corrected chi connectivity index (χ1v) is 5.81. The molecule has 1 aromatic rings. The van der Waals surface area contributed by atoms with E-state index in [9.17, 15) is 9.59 Å². The molecule has 0 aliphatic rings. The molecule has 19 heavy (non-hydrogen) atoms. The van der Waals surface area contributed by atoms with E-state index < -0.39 is 11.8 Å². The number of hydrogen-bond acceptors (Lipinski definition) is 4. The van der Waals surface area contributed by atoms with Crippen LogP contribution >= 0.6 is 0 Å². The monoisotopic (exact) mass is 266 g/mol. The first-order chi connectivity index (χ1) is 8.99. The number of methoxy groups -OCH3 is 1. The molecule has 0 saturated heterocycles. The minimum atomic E-state index is -0.764. The van der Waals surface area contributed by atoms with Gasteiger partial charge in [-0.25, -0.2) is 0 Å². The SMILES string of the molecule is COc1ccc(C)cc1NC(=O)C(=O)N(C)CCO. The van der Waals surface area contributed by atoms with E-state index in [-0.39, 0.29) is 13.2 Å². The van der Waals surface area contributed by atoms with Crippen LogP contribution in [0, 0.1) is 6.92 Å². The zero-order chi connectivity index (χ0) is 14.4. The van der Waals surface area contributed by atoms with Crippen LogP contribution in [0.15, 0.2) is 18.2 Å². The Morgan fingerprint density at radius 2 is 2.11 bits per heavy atom. The Morgan fingerprint density at radius 3 is 2.68 bits per heavy atom. The number of hydrogen-bond donors (Lipinski definition) is 2. The third kappa shape index (κ3) is 3.96. The van der Waals surface area contributed by atoms with Crippen LogP contribution in [-0.4, -0.2) is 49.1 Å². The number of carbonyl (C=O) groups is 2. The van der Waals surface area contributed by atoms with Gasteiger partial charge in [0.05, 0.1) is 19.4 Å². The highest BCUT2D eigenvalue weighted by molar-refractivity contribution is 6.39. The summed E-state index contributed by atoms with van der Waals surface area (Å²) in [5.74, 6) is -0.992. The van der Waals surface area contributed by atoms with Crippen molar-refractivity contribution in [1.82, 2.24) is 4.90 Å². The number of aliphatic hydroxyl groups is 1. The van der Waals surface area contributed by atoms with Crippen molar-refractivity contribution in [3.05, 3.63) is 23.8 Å². The summed E-state index contributed by atoms with van der Waals surface area (Å²) in [5, 5.41) is 11.2. The van der Waals surface area contributed by atoms with Crippen LogP contribution in [0.1, 0.15) is 5.56 Å². The summed E-state index contributed by atoms with van der Waals surface area (Å²) < 4.78 is 5.11. The highest BCUT2D eigenvalue weighted by Gasteiger charge is 2.19. The summed E-state index contributed by atoms with van der Waals surface area (Å²) in [6.07, 6.45) is 0. The van der Waals surface area contributed by atoms with Gasteiger partial charge in [0.25, 0.3) is 0 Å². The number of amides is 2. The van der Waals surface area contributed by atoms with Gasteiger partial charge in [-0.3, -0.25) is 9.59 Å². The molecule has 2 amide bonds. The highest BCUT2D eigenvalue weighted by atomic mass is 16.5. The molecule has 0 heterocycles. The Kier molecular flexibility index (Phi) is 5.32. The van der Waals surface area contributed by atoms with Crippen molar-refractivity contribution in [3.8, 4) is 5.75 Å². The Labute approximate surface area is 112 Å². The number of aryl methyl sites for hydroxylation is 1. The maximum Gasteiger partial charge on any atom is 0.313 e. The standard InChI is InChI=1S/C13H18N2O4/c1-9-4-5-11(19-3)10(8-9)14-12(17)13(18)15(2)6-7-16/h4-5,8,16H,6-7H2,1-3H3,(H,14,17). The lowest BCUT2D eigenvalue weighted by Crippen LogP contribution is -2.38.